The van der Waals surface area contributed by atoms with Gasteiger partial charge in [-0.1, -0.05) is 23.2 Å². The molecule has 1 atom stereocenters. The number of urea groups is 1. The number of hydrogen-bond donors (Lipinski definition) is 2. The van der Waals surface area contributed by atoms with Gasteiger partial charge in [-0.3, -0.25) is 0 Å². The van der Waals surface area contributed by atoms with Crippen LogP contribution in [0.5, 0.6) is 0 Å². The van der Waals surface area contributed by atoms with Crippen molar-refractivity contribution in [3.63, 3.8) is 0 Å². The second-order valence-corrected chi connectivity index (χ2v) is 5.93. The number of rotatable bonds is 4. The van der Waals surface area contributed by atoms with Crippen molar-refractivity contribution >= 4 is 34.9 Å². The minimum atomic E-state index is -0.444. The molecule has 8 nitrogen and oxygen atoms in total. The first-order valence-corrected chi connectivity index (χ1v) is 7.99. The Morgan fingerprint density at radius 1 is 1.12 bits per heavy atom. The molecule has 25 heavy (non-hydrogen) atoms. The van der Waals surface area contributed by atoms with E-state index in [-0.39, 0.29) is 0 Å². The first kappa shape index (κ1) is 17.1. The van der Waals surface area contributed by atoms with Gasteiger partial charge in [-0.2, -0.15) is 9.78 Å². The summed E-state index contributed by atoms with van der Waals surface area (Å²) in [6.07, 6.45) is 4.57. The summed E-state index contributed by atoms with van der Waals surface area (Å²) in [6.45, 7) is 1.77. The van der Waals surface area contributed by atoms with Gasteiger partial charge in [0.2, 0.25) is 0 Å². The fourth-order valence-corrected chi connectivity index (χ4v) is 2.68. The number of nitrogens with one attached hydrogen (secondary N) is 2. The van der Waals surface area contributed by atoms with Crippen LogP contribution in [0.4, 0.5) is 10.5 Å². The van der Waals surface area contributed by atoms with E-state index in [0.717, 1.165) is 0 Å². The second kappa shape index (κ2) is 7.45. The van der Waals surface area contributed by atoms with Crippen molar-refractivity contribution in [2.24, 2.45) is 0 Å². The maximum absolute atomic E-state index is 12.2. The molecule has 0 saturated heterocycles. The van der Waals surface area contributed by atoms with E-state index in [1.807, 2.05) is 0 Å². The van der Waals surface area contributed by atoms with Gasteiger partial charge in [-0.25, -0.2) is 19.7 Å². The number of halogens is 2. The van der Waals surface area contributed by atoms with E-state index < -0.39 is 12.1 Å². The first-order chi connectivity index (χ1) is 12.0. The summed E-state index contributed by atoms with van der Waals surface area (Å²) in [6, 6.07) is 5.59. The molecule has 3 aromatic rings. The van der Waals surface area contributed by atoms with E-state index in [1.54, 1.807) is 43.6 Å². The quantitative estimate of drug-likeness (QED) is 0.726. The highest BCUT2D eigenvalue weighted by atomic mass is 35.5. The molecule has 0 fully saturated rings. The Morgan fingerprint density at radius 2 is 1.80 bits per heavy atom. The lowest BCUT2D eigenvalue weighted by molar-refractivity contribution is 0.248. The minimum Gasteiger partial charge on any atom is -0.328 e. The summed E-state index contributed by atoms with van der Waals surface area (Å²) in [4.78, 5) is 24.6. The summed E-state index contributed by atoms with van der Waals surface area (Å²) in [7, 11) is 0. The van der Waals surface area contributed by atoms with E-state index in [1.165, 1.54) is 11.0 Å². The molecule has 2 N–H and O–H groups in total. The van der Waals surface area contributed by atoms with Gasteiger partial charge in [-0.05, 0) is 31.2 Å². The highest BCUT2D eigenvalue weighted by Crippen LogP contribution is 2.22. The van der Waals surface area contributed by atoms with Gasteiger partial charge in [0.15, 0.2) is 5.82 Å². The molecule has 1 aromatic carbocycles. The molecule has 0 saturated carbocycles. The van der Waals surface area contributed by atoms with Crippen molar-refractivity contribution in [2.45, 2.75) is 13.0 Å². The Hall–Kier alpha value is -2.71. The summed E-state index contributed by atoms with van der Waals surface area (Å²) in [5.41, 5.74) is 0.482. The van der Waals surface area contributed by atoms with E-state index in [4.69, 9.17) is 23.2 Å². The smallest absolute Gasteiger partial charge is 0.319 e. The average Bonchev–Trinajstić information content (AvgIpc) is 3.04. The molecule has 2 aromatic heterocycles. The van der Waals surface area contributed by atoms with Crippen molar-refractivity contribution in [2.75, 3.05) is 5.32 Å². The number of anilines is 1. The second-order valence-electron chi connectivity index (χ2n) is 5.06. The normalized spacial score (nSPS) is 11.8. The topological polar surface area (TPSA) is 97.6 Å². The molecule has 3 rings (SSSR count). The standard InChI is InChI=1S/C15H13Cl2N7O/c1-9(13-20-8-21-24(13)14-18-3-2-4-19-14)22-15(25)23-12-6-10(16)5-11(17)7-12/h2-9H,1H3,(H2,22,23,25)/t9-/m0/s1. The Bertz CT molecular complexity index is 864. The number of amides is 2. The third-order valence-corrected chi connectivity index (χ3v) is 3.61. The van der Waals surface area contributed by atoms with Crippen LogP contribution in [0, 0.1) is 0 Å². The molecule has 0 bridgehead atoms. The van der Waals surface area contributed by atoms with Crippen LogP contribution in [-0.2, 0) is 0 Å². The number of carbonyl (C=O) groups excluding carboxylic acids is 1. The fourth-order valence-electron chi connectivity index (χ4n) is 2.15. The molecule has 0 aliphatic rings. The molecule has 0 aliphatic heterocycles. The van der Waals surface area contributed by atoms with E-state index in [2.05, 4.69) is 30.7 Å². The van der Waals surface area contributed by atoms with Gasteiger partial charge in [0, 0.05) is 28.1 Å². The van der Waals surface area contributed by atoms with Crippen molar-refractivity contribution in [3.8, 4) is 5.95 Å². The maximum Gasteiger partial charge on any atom is 0.319 e. The van der Waals surface area contributed by atoms with Crippen LogP contribution < -0.4 is 10.6 Å². The molecule has 128 valence electrons. The lowest BCUT2D eigenvalue weighted by Crippen LogP contribution is -2.32. The predicted octanol–water partition coefficient (Wildman–Crippen LogP) is 3.25. The van der Waals surface area contributed by atoms with Gasteiger partial charge < -0.3 is 10.6 Å². The molecular formula is C15H13Cl2N7O. The predicted molar refractivity (Wildman–Crippen MR) is 94.0 cm³/mol. The zero-order chi connectivity index (χ0) is 17.8. The number of hydrogen-bond acceptors (Lipinski definition) is 5. The van der Waals surface area contributed by atoms with Gasteiger partial charge in [0.1, 0.15) is 6.33 Å². The first-order valence-electron chi connectivity index (χ1n) is 7.24. The third-order valence-electron chi connectivity index (χ3n) is 3.17. The van der Waals surface area contributed by atoms with Crippen LogP contribution in [0.3, 0.4) is 0 Å². The Morgan fingerprint density at radius 3 is 2.48 bits per heavy atom. The zero-order valence-corrected chi connectivity index (χ0v) is 14.5. The van der Waals surface area contributed by atoms with Crippen molar-refractivity contribution < 1.29 is 4.79 Å². The van der Waals surface area contributed by atoms with E-state index in [0.29, 0.717) is 27.5 Å². The zero-order valence-electron chi connectivity index (χ0n) is 13.0. The number of benzene rings is 1. The SMILES string of the molecule is C[C@H](NC(=O)Nc1cc(Cl)cc(Cl)c1)c1ncnn1-c1ncccn1. The lowest BCUT2D eigenvalue weighted by Gasteiger charge is -2.14. The number of carbonyl (C=O) groups is 1. The average molecular weight is 378 g/mol. The van der Waals surface area contributed by atoms with Gasteiger partial charge in [-0.15, -0.1) is 0 Å². The molecule has 10 heteroatoms. The largest absolute Gasteiger partial charge is 0.328 e. The van der Waals surface area contributed by atoms with Gasteiger partial charge >= 0.3 is 6.03 Å². The van der Waals surface area contributed by atoms with Crippen molar-refractivity contribution in [1.29, 1.82) is 0 Å². The van der Waals surface area contributed by atoms with Crippen molar-refractivity contribution in [3.05, 3.63) is 58.9 Å². The highest BCUT2D eigenvalue weighted by molar-refractivity contribution is 6.35. The van der Waals surface area contributed by atoms with Crippen LogP contribution in [0.2, 0.25) is 10.0 Å². The molecule has 0 spiro atoms. The molecule has 0 unspecified atom stereocenters. The summed E-state index contributed by atoms with van der Waals surface area (Å²) in [5, 5.41) is 10.4. The van der Waals surface area contributed by atoms with Crippen LogP contribution in [-0.4, -0.2) is 30.8 Å². The lowest BCUT2D eigenvalue weighted by atomic mass is 10.3. The number of aromatic nitrogens is 5. The molecule has 0 aliphatic carbocycles. The summed E-state index contributed by atoms with van der Waals surface area (Å²) < 4.78 is 1.46. The van der Waals surface area contributed by atoms with Crippen LogP contribution in [0.1, 0.15) is 18.8 Å². The molecular weight excluding hydrogens is 365 g/mol. The Labute approximate surface area is 153 Å². The van der Waals surface area contributed by atoms with E-state index in [9.17, 15) is 4.79 Å². The molecule has 2 amide bonds. The third kappa shape index (κ3) is 4.23. The van der Waals surface area contributed by atoms with Gasteiger partial charge in [0.05, 0.1) is 6.04 Å². The van der Waals surface area contributed by atoms with E-state index >= 15 is 0 Å². The summed E-state index contributed by atoms with van der Waals surface area (Å²) >= 11 is 11.8. The minimum absolute atomic E-state index is 0.366. The Balaban J connectivity index is 1.71. The molecule has 0 radical (unpaired) electrons. The van der Waals surface area contributed by atoms with Gasteiger partial charge in [0.25, 0.3) is 5.95 Å². The van der Waals surface area contributed by atoms with Crippen LogP contribution in [0.15, 0.2) is 43.0 Å². The highest BCUT2D eigenvalue weighted by Gasteiger charge is 2.18. The maximum atomic E-state index is 12.2. The summed E-state index contributed by atoms with van der Waals surface area (Å²) in [5.74, 6) is 0.858. The number of nitrogens with zero attached hydrogens (tertiary/aromatic N) is 5. The van der Waals surface area contributed by atoms with Crippen LogP contribution in [0.25, 0.3) is 5.95 Å². The fraction of sp³-hybridized carbons (Fsp3) is 0.133. The molecule has 2 heterocycles. The monoisotopic (exact) mass is 377 g/mol. The van der Waals surface area contributed by atoms with Crippen LogP contribution >= 0.6 is 23.2 Å². The Kier molecular flexibility index (Phi) is 5.11. The van der Waals surface area contributed by atoms with Crippen molar-refractivity contribution in [1.82, 2.24) is 30.0 Å².